The zero-order chi connectivity index (χ0) is 8.97. The van der Waals surface area contributed by atoms with Gasteiger partial charge in [-0.25, -0.2) is 0 Å². The van der Waals surface area contributed by atoms with Crippen molar-refractivity contribution >= 4 is 0 Å². The first kappa shape index (κ1) is 9.17. The van der Waals surface area contributed by atoms with Crippen LogP contribution in [0.3, 0.4) is 0 Å². The molecule has 0 atom stereocenters. The van der Waals surface area contributed by atoms with Gasteiger partial charge in [0.2, 0.25) is 0 Å². The molecule has 3 N–H and O–H groups in total. The standard InChI is InChI=1S/C10H18N2/c1-3-4-9(12-2)7-10(11)8-5-6-8/h4,7-8,12H,3,5-6,11H2,1-2H3/b9-4-,10-7-. The lowest BCUT2D eigenvalue weighted by molar-refractivity contribution is 0.944. The molecule has 2 heteroatoms. The van der Waals surface area contributed by atoms with Crippen molar-refractivity contribution in [2.24, 2.45) is 11.7 Å². The van der Waals surface area contributed by atoms with Crippen LogP contribution in [0.4, 0.5) is 0 Å². The lowest BCUT2D eigenvalue weighted by Crippen LogP contribution is -2.07. The fourth-order valence-corrected chi connectivity index (χ4v) is 1.17. The maximum atomic E-state index is 5.87. The Hall–Kier alpha value is -0.920. The summed E-state index contributed by atoms with van der Waals surface area (Å²) in [4.78, 5) is 0. The van der Waals surface area contributed by atoms with Gasteiger partial charge in [-0.3, -0.25) is 0 Å². The van der Waals surface area contributed by atoms with E-state index < -0.39 is 0 Å². The number of hydrogen-bond donors (Lipinski definition) is 2. The summed E-state index contributed by atoms with van der Waals surface area (Å²) in [6.07, 6.45) is 7.79. The van der Waals surface area contributed by atoms with Gasteiger partial charge in [-0.15, -0.1) is 0 Å². The summed E-state index contributed by atoms with van der Waals surface area (Å²) in [5, 5.41) is 3.12. The van der Waals surface area contributed by atoms with Crippen LogP contribution in [-0.4, -0.2) is 7.05 Å². The second-order valence-corrected chi connectivity index (χ2v) is 3.24. The monoisotopic (exact) mass is 166 g/mol. The fourth-order valence-electron chi connectivity index (χ4n) is 1.17. The molecule has 0 aromatic rings. The molecule has 1 saturated carbocycles. The molecule has 2 nitrogen and oxygen atoms in total. The molecule has 1 aliphatic carbocycles. The second-order valence-electron chi connectivity index (χ2n) is 3.24. The van der Waals surface area contributed by atoms with Gasteiger partial charge in [-0.05, 0) is 31.3 Å². The van der Waals surface area contributed by atoms with Crippen molar-refractivity contribution in [3.63, 3.8) is 0 Å². The van der Waals surface area contributed by atoms with Gasteiger partial charge >= 0.3 is 0 Å². The van der Waals surface area contributed by atoms with Crippen molar-refractivity contribution in [3.8, 4) is 0 Å². The predicted molar refractivity (Wildman–Crippen MR) is 52.4 cm³/mol. The van der Waals surface area contributed by atoms with E-state index in [2.05, 4.69) is 24.4 Å². The first-order valence-corrected chi connectivity index (χ1v) is 4.63. The van der Waals surface area contributed by atoms with Crippen molar-refractivity contribution in [1.29, 1.82) is 0 Å². The van der Waals surface area contributed by atoms with E-state index in [1.54, 1.807) is 0 Å². The Labute approximate surface area is 74.5 Å². The Bertz CT molecular complexity index is 200. The summed E-state index contributed by atoms with van der Waals surface area (Å²) in [5.74, 6) is 0.665. The molecule has 0 aliphatic heterocycles. The molecule has 0 saturated heterocycles. The lowest BCUT2D eigenvalue weighted by atomic mass is 10.2. The summed E-state index contributed by atoms with van der Waals surface area (Å²) in [7, 11) is 1.93. The molecular formula is C10H18N2. The van der Waals surface area contributed by atoms with E-state index >= 15 is 0 Å². The summed E-state index contributed by atoms with van der Waals surface area (Å²) in [6.45, 7) is 2.12. The van der Waals surface area contributed by atoms with Crippen molar-refractivity contribution in [2.45, 2.75) is 26.2 Å². The Morgan fingerprint density at radius 1 is 1.58 bits per heavy atom. The van der Waals surface area contributed by atoms with E-state index in [1.165, 1.54) is 12.8 Å². The molecule has 0 radical (unpaired) electrons. The van der Waals surface area contributed by atoms with E-state index in [-0.39, 0.29) is 0 Å². The summed E-state index contributed by atoms with van der Waals surface area (Å²) >= 11 is 0. The first-order chi connectivity index (χ1) is 5.77. The van der Waals surface area contributed by atoms with Crippen molar-refractivity contribution in [3.05, 3.63) is 23.5 Å². The van der Waals surface area contributed by atoms with Crippen LogP contribution in [-0.2, 0) is 0 Å². The van der Waals surface area contributed by atoms with Crippen molar-refractivity contribution in [1.82, 2.24) is 5.32 Å². The number of allylic oxidation sites excluding steroid dienone is 3. The normalized spacial score (nSPS) is 19.5. The van der Waals surface area contributed by atoms with E-state index in [4.69, 9.17) is 5.73 Å². The summed E-state index contributed by atoms with van der Waals surface area (Å²) < 4.78 is 0. The molecule has 68 valence electrons. The highest BCUT2D eigenvalue weighted by Crippen LogP contribution is 2.33. The Morgan fingerprint density at radius 3 is 2.67 bits per heavy atom. The largest absolute Gasteiger partial charge is 0.402 e. The average molecular weight is 166 g/mol. The molecule has 1 rings (SSSR count). The van der Waals surface area contributed by atoms with Crippen LogP contribution >= 0.6 is 0 Å². The van der Waals surface area contributed by atoms with Gasteiger partial charge in [0.15, 0.2) is 0 Å². The molecule has 0 amide bonds. The molecule has 0 aromatic carbocycles. The highest BCUT2D eigenvalue weighted by Gasteiger charge is 2.23. The third-order valence-corrected chi connectivity index (χ3v) is 2.08. The Balaban J connectivity index is 2.54. The number of nitrogens with two attached hydrogens (primary N) is 1. The minimum absolute atomic E-state index is 0.665. The molecular weight excluding hydrogens is 148 g/mol. The second kappa shape index (κ2) is 4.19. The molecule has 0 spiro atoms. The maximum Gasteiger partial charge on any atom is 0.0314 e. The highest BCUT2D eigenvalue weighted by molar-refractivity contribution is 5.23. The van der Waals surface area contributed by atoms with Gasteiger partial charge in [0.05, 0.1) is 0 Å². The van der Waals surface area contributed by atoms with Gasteiger partial charge in [-0.2, -0.15) is 0 Å². The minimum atomic E-state index is 0.665. The third-order valence-electron chi connectivity index (χ3n) is 2.08. The zero-order valence-electron chi connectivity index (χ0n) is 7.93. The van der Waals surface area contributed by atoms with Crippen molar-refractivity contribution in [2.75, 3.05) is 7.05 Å². The molecule has 12 heavy (non-hydrogen) atoms. The highest BCUT2D eigenvalue weighted by atomic mass is 14.8. The molecule has 0 bridgehead atoms. The van der Waals surface area contributed by atoms with Crippen LogP contribution in [0.25, 0.3) is 0 Å². The number of hydrogen-bond acceptors (Lipinski definition) is 2. The van der Waals surface area contributed by atoms with Crippen LogP contribution in [0, 0.1) is 5.92 Å². The van der Waals surface area contributed by atoms with E-state index in [0.29, 0.717) is 5.92 Å². The Kier molecular flexibility index (Phi) is 3.20. The molecule has 0 unspecified atom stereocenters. The maximum absolute atomic E-state index is 5.87. The Morgan fingerprint density at radius 2 is 2.25 bits per heavy atom. The van der Waals surface area contributed by atoms with Crippen LogP contribution in [0.5, 0.6) is 0 Å². The molecule has 1 aliphatic rings. The predicted octanol–water partition coefficient (Wildman–Crippen LogP) is 1.75. The van der Waals surface area contributed by atoms with E-state index in [9.17, 15) is 0 Å². The molecule has 1 fully saturated rings. The third kappa shape index (κ3) is 2.61. The number of rotatable bonds is 4. The van der Waals surface area contributed by atoms with Crippen LogP contribution < -0.4 is 11.1 Å². The number of likely N-dealkylation sites (N-methyl/N-ethyl adjacent to an activating group) is 1. The van der Waals surface area contributed by atoms with Gasteiger partial charge in [0.25, 0.3) is 0 Å². The summed E-state index contributed by atoms with van der Waals surface area (Å²) in [6, 6.07) is 0. The van der Waals surface area contributed by atoms with Crippen LogP contribution in [0.1, 0.15) is 26.2 Å². The first-order valence-electron chi connectivity index (χ1n) is 4.63. The van der Waals surface area contributed by atoms with Gasteiger partial charge in [-0.1, -0.05) is 13.0 Å². The average Bonchev–Trinajstić information content (AvgIpc) is 2.85. The fraction of sp³-hybridized carbons (Fsp3) is 0.600. The smallest absolute Gasteiger partial charge is 0.0314 e. The molecule has 0 heterocycles. The quantitative estimate of drug-likeness (QED) is 0.624. The van der Waals surface area contributed by atoms with Gasteiger partial charge < -0.3 is 11.1 Å². The van der Waals surface area contributed by atoms with E-state index in [0.717, 1.165) is 17.8 Å². The molecule has 0 aromatic heterocycles. The topological polar surface area (TPSA) is 38.0 Å². The van der Waals surface area contributed by atoms with Gasteiger partial charge in [0, 0.05) is 18.4 Å². The van der Waals surface area contributed by atoms with Gasteiger partial charge in [0.1, 0.15) is 0 Å². The van der Waals surface area contributed by atoms with Crippen molar-refractivity contribution < 1.29 is 0 Å². The van der Waals surface area contributed by atoms with Crippen LogP contribution in [0.15, 0.2) is 23.5 Å². The lowest BCUT2D eigenvalue weighted by Gasteiger charge is -2.02. The number of nitrogens with one attached hydrogen (secondary N) is 1. The minimum Gasteiger partial charge on any atom is -0.402 e. The van der Waals surface area contributed by atoms with Crippen LogP contribution in [0.2, 0.25) is 0 Å². The zero-order valence-corrected chi connectivity index (χ0v) is 7.93. The summed E-state index contributed by atoms with van der Waals surface area (Å²) in [5.41, 5.74) is 8.04. The SMILES string of the molecule is CC/C=C(/C=C(\N)C1CC1)NC. The van der Waals surface area contributed by atoms with E-state index in [1.807, 2.05) is 7.05 Å².